The molecule has 1 unspecified atom stereocenters. The number of likely N-dealkylation sites (N-methyl/N-ethyl adjacent to an activating group) is 1. The third-order valence-electron chi connectivity index (χ3n) is 4.16. The number of nitrogens with zero attached hydrogens (tertiary/aromatic N) is 2. The minimum Gasteiger partial charge on any atom is -0.353 e. The quantitative estimate of drug-likeness (QED) is 0.774. The van der Waals surface area contributed by atoms with E-state index in [9.17, 15) is 13.2 Å². The van der Waals surface area contributed by atoms with Crippen LogP contribution in [0, 0.1) is 5.92 Å². The van der Waals surface area contributed by atoms with Crippen LogP contribution in [-0.4, -0.2) is 68.6 Å². The number of rotatable bonds is 6. The van der Waals surface area contributed by atoms with Gasteiger partial charge in [0.1, 0.15) is 0 Å². The highest BCUT2D eigenvalue weighted by molar-refractivity contribution is 7.88. The predicted octanol–water partition coefficient (Wildman–Crippen LogP) is 0.505. The molecule has 21 heavy (non-hydrogen) atoms. The van der Waals surface area contributed by atoms with Gasteiger partial charge in [0.05, 0.1) is 12.8 Å². The average Bonchev–Trinajstić information content (AvgIpc) is 2.35. The number of hydrogen-bond donors (Lipinski definition) is 1. The summed E-state index contributed by atoms with van der Waals surface area (Å²) in [6.07, 6.45) is 3.55. The van der Waals surface area contributed by atoms with E-state index in [1.54, 1.807) is 0 Å². The molecule has 0 aromatic heterocycles. The lowest BCUT2D eigenvalue weighted by Gasteiger charge is -2.43. The van der Waals surface area contributed by atoms with Crippen molar-refractivity contribution in [1.29, 1.82) is 0 Å². The zero-order valence-electron chi connectivity index (χ0n) is 13.8. The number of nitrogens with one attached hydrogen (secondary N) is 1. The van der Waals surface area contributed by atoms with Crippen LogP contribution in [0.5, 0.6) is 0 Å². The van der Waals surface area contributed by atoms with Gasteiger partial charge in [0.2, 0.25) is 15.9 Å². The summed E-state index contributed by atoms with van der Waals surface area (Å²) in [5.74, 6) is 0.422. The Bertz CT molecular complexity index is 462. The first kappa shape index (κ1) is 18.4. The molecule has 6 nitrogen and oxygen atoms in total. The topological polar surface area (TPSA) is 69.7 Å². The molecular formula is C14H29N3O3S. The second kappa shape index (κ2) is 7.07. The Balaban J connectivity index is 2.47. The molecule has 1 aliphatic heterocycles. The fourth-order valence-electron chi connectivity index (χ4n) is 2.54. The molecule has 124 valence electrons. The van der Waals surface area contributed by atoms with E-state index in [1.807, 2.05) is 0 Å². The van der Waals surface area contributed by atoms with Gasteiger partial charge < -0.3 is 5.32 Å². The fraction of sp³-hybridized carbons (Fsp3) is 0.929. The Labute approximate surface area is 128 Å². The van der Waals surface area contributed by atoms with Gasteiger partial charge in [0.15, 0.2) is 0 Å². The molecule has 1 rings (SSSR count). The second-order valence-electron chi connectivity index (χ2n) is 6.80. The van der Waals surface area contributed by atoms with E-state index in [1.165, 1.54) is 19.9 Å². The normalized spacial score (nSPS) is 21.5. The minimum absolute atomic E-state index is 0.117. The van der Waals surface area contributed by atoms with Crippen molar-refractivity contribution in [3.8, 4) is 0 Å². The highest BCUT2D eigenvalue weighted by Gasteiger charge is 2.30. The summed E-state index contributed by atoms with van der Waals surface area (Å²) in [5.41, 5.74) is -0.117. The molecule has 0 aromatic carbocycles. The van der Waals surface area contributed by atoms with E-state index in [2.05, 4.69) is 31.0 Å². The molecule has 0 spiro atoms. The van der Waals surface area contributed by atoms with Crippen LogP contribution in [0.1, 0.15) is 33.6 Å². The lowest BCUT2D eigenvalue weighted by molar-refractivity contribution is -0.121. The molecule has 0 saturated carbocycles. The molecule has 0 aliphatic carbocycles. The Kier molecular flexibility index (Phi) is 6.19. The summed E-state index contributed by atoms with van der Waals surface area (Å²) in [5, 5.41) is 2.85. The van der Waals surface area contributed by atoms with E-state index in [-0.39, 0.29) is 18.0 Å². The summed E-state index contributed by atoms with van der Waals surface area (Å²) in [6.45, 7) is 8.98. The summed E-state index contributed by atoms with van der Waals surface area (Å²) >= 11 is 0. The molecule has 1 amide bonds. The molecule has 0 radical (unpaired) electrons. The van der Waals surface area contributed by atoms with Crippen molar-refractivity contribution in [3.63, 3.8) is 0 Å². The SMILES string of the molecule is CC1CCCN(C(C)(C)CNC(=O)CN(C)S(C)(=O)=O)C1. The van der Waals surface area contributed by atoms with Crippen molar-refractivity contribution >= 4 is 15.9 Å². The Morgan fingerprint density at radius 3 is 2.57 bits per heavy atom. The van der Waals surface area contributed by atoms with Gasteiger partial charge in [0.25, 0.3) is 0 Å². The molecule has 1 saturated heterocycles. The van der Waals surface area contributed by atoms with Crippen molar-refractivity contribution in [2.24, 2.45) is 5.92 Å². The van der Waals surface area contributed by atoms with Crippen LogP contribution in [0.4, 0.5) is 0 Å². The largest absolute Gasteiger partial charge is 0.353 e. The lowest BCUT2D eigenvalue weighted by Crippen LogP contribution is -2.55. The third-order valence-corrected chi connectivity index (χ3v) is 5.43. The first-order chi connectivity index (χ1) is 9.52. The van der Waals surface area contributed by atoms with E-state index in [0.29, 0.717) is 12.5 Å². The van der Waals surface area contributed by atoms with Crippen LogP contribution >= 0.6 is 0 Å². The van der Waals surface area contributed by atoms with Crippen LogP contribution in [0.3, 0.4) is 0 Å². The van der Waals surface area contributed by atoms with E-state index in [0.717, 1.165) is 23.7 Å². The molecule has 7 heteroatoms. The van der Waals surface area contributed by atoms with Crippen molar-refractivity contribution in [2.45, 2.75) is 39.2 Å². The molecule has 1 heterocycles. The maximum absolute atomic E-state index is 11.9. The Morgan fingerprint density at radius 2 is 2.05 bits per heavy atom. The molecule has 1 N–H and O–H groups in total. The average molecular weight is 319 g/mol. The maximum Gasteiger partial charge on any atom is 0.235 e. The number of piperidine rings is 1. The standard InChI is InChI=1S/C14H29N3O3S/c1-12-7-6-8-17(9-12)14(2,3)11-15-13(18)10-16(4)21(5,19)20/h12H,6-11H2,1-5H3,(H,15,18). The highest BCUT2D eigenvalue weighted by Crippen LogP contribution is 2.23. The van der Waals surface area contributed by atoms with Gasteiger partial charge in [-0.3, -0.25) is 9.69 Å². The number of likely N-dealkylation sites (tertiary alicyclic amines) is 1. The van der Waals surface area contributed by atoms with Gasteiger partial charge >= 0.3 is 0 Å². The highest BCUT2D eigenvalue weighted by atomic mass is 32.2. The number of amides is 1. The van der Waals surface area contributed by atoms with Crippen LogP contribution < -0.4 is 5.32 Å². The first-order valence-electron chi connectivity index (χ1n) is 7.45. The van der Waals surface area contributed by atoms with Gasteiger partial charge in [-0.1, -0.05) is 6.92 Å². The van der Waals surface area contributed by atoms with Gasteiger partial charge in [-0.25, -0.2) is 8.42 Å². The third kappa shape index (κ3) is 5.92. The van der Waals surface area contributed by atoms with Gasteiger partial charge in [-0.2, -0.15) is 4.31 Å². The van der Waals surface area contributed by atoms with Crippen molar-refractivity contribution in [1.82, 2.24) is 14.5 Å². The first-order valence-corrected chi connectivity index (χ1v) is 9.30. The zero-order chi connectivity index (χ0) is 16.3. The second-order valence-corrected chi connectivity index (χ2v) is 8.89. The molecular weight excluding hydrogens is 290 g/mol. The monoisotopic (exact) mass is 319 g/mol. The van der Waals surface area contributed by atoms with Gasteiger partial charge in [-0.15, -0.1) is 0 Å². The summed E-state index contributed by atoms with van der Waals surface area (Å²) in [6, 6.07) is 0. The molecule has 0 bridgehead atoms. The molecule has 1 fully saturated rings. The zero-order valence-corrected chi connectivity index (χ0v) is 14.7. The van der Waals surface area contributed by atoms with Crippen LogP contribution in [0.15, 0.2) is 0 Å². The molecule has 1 aliphatic rings. The summed E-state index contributed by atoms with van der Waals surface area (Å²) in [4.78, 5) is 14.3. The number of sulfonamides is 1. The van der Waals surface area contributed by atoms with E-state index < -0.39 is 10.0 Å². The number of carbonyl (C=O) groups is 1. The van der Waals surface area contributed by atoms with Gasteiger partial charge in [-0.05, 0) is 39.2 Å². The Morgan fingerprint density at radius 1 is 1.43 bits per heavy atom. The maximum atomic E-state index is 11.9. The molecule has 1 atom stereocenters. The van der Waals surface area contributed by atoms with Gasteiger partial charge in [0, 0.05) is 25.7 Å². The van der Waals surface area contributed by atoms with E-state index >= 15 is 0 Å². The van der Waals surface area contributed by atoms with Crippen molar-refractivity contribution < 1.29 is 13.2 Å². The summed E-state index contributed by atoms with van der Waals surface area (Å²) in [7, 11) is -1.91. The Hall–Kier alpha value is -0.660. The van der Waals surface area contributed by atoms with Crippen molar-refractivity contribution in [2.75, 3.05) is 39.5 Å². The van der Waals surface area contributed by atoms with Crippen LogP contribution in [0.25, 0.3) is 0 Å². The van der Waals surface area contributed by atoms with Crippen molar-refractivity contribution in [3.05, 3.63) is 0 Å². The lowest BCUT2D eigenvalue weighted by atomic mass is 9.93. The van der Waals surface area contributed by atoms with E-state index in [4.69, 9.17) is 0 Å². The number of hydrogen-bond acceptors (Lipinski definition) is 4. The number of carbonyl (C=O) groups excluding carboxylic acids is 1. The fourth-order valence-corrected chi connectivity index (χ4v) is 2.89. The van der Waals surface area contributed by atoms with Crippen LogP contribution in [-0.2, 0) is 14.8 Å². The summed E-state index contributed by atoms with van der Waals surface area (Å²) < 4.78 is 23.6. The van der Waals surface area contributed by atoms with Crippen LogP contribution in [0.2, 0.25) is 0 Å². The minimum atomic E-state index is -3.32. The smallest absolute Gasteiger partial charge is 0.235 e. The predicted molar refractivity (Wildman–Crippen MR) is 84.5 cm³/mol. The molecule has 0 aromatic rings.